The summed E-state index contributed by atoms with van der Waals surface area (Å²) in [5, 5.41) is 3.63. The third-order valence-corrected chi connectivity index (χ3v) is 13.3. The van der Waals surface area contributed by atoms with Crippen molar-refractivity contribution < 1.29 is 23.7 Å². The molecule has 0 bridgehead atoms. The highest BCUT2D eigenvalue weighted by molar-refractivity contribution is 5.73. The Morgan fingerprint density at radius 3 is 1.97 bits per heavy atom. The van der Waals surface area contributed by atoms with Crippen LogP contribution in [0.2, 0.25) is 0 Å². The molecule has 1 unspecified atom stereocenters. The van der Waals surface area contributed by atoms with E-state index in [0.717, 1.165) is 79.0 Å². The number of dihydropyridines is 1. The van der Waals surface area contributed by atoms with E-state index in [1.807, 2.05) is 6.07 Å². The van der Waals surface area contributed by atoms with Gasteiger partial charge in [-0.15, -0.1) is 0 Å². The first kappa shape index (κ1) is 39.7. The average molecular weight is 784 g/mol. The van der Waals surface area contributed by atoms with Gasteiger partial charge in [0.15, 0.2) is 0 Å². The van der Waals surface area contributed by atoms with Crippen LogP contribution < -0.4 is 33.9 Å². The number of nitrogens with zero attached hydrogens (tertiary/aromatic N) is 2. The summed E-state index contributed by atoms with van der Waals surface area (Å²) in [7, 11) is 8.80. The highest BCUT2D eigenvalue weighted by Crippen LogP contribution is 2.48. The molecule has 1 saturated heterocycles. The maximum atomic E-state index is 6.03. The van der Waals surface area contributed by atoms with Crippen molar-refractivity contribution in [1.29, 1.82) is 0 Å². The smallest absolute Gasteiger partial charge is 0.126 e. The number of nitrogens with one attached hydrogen (secondary N) is 1. The molecule has 8 rings (SSSR count). The fraction of sp³-hybridized carbons (Fsp3) is 0.440. The molecule has 2 heterocycles. The maximum Gasteiger partial charge on any atom is 0.126 e. The quantitative estimate of drug-likeness (QED) is 0.128. The molecule has 8 nitrogen and oxygen atoms in total. The second-order valence-electron chi connectivity index (χ2n) is 16.6. The predicted molar refractivity (Wildman–Crippen MR) is 234 cm³/mol. The van der Waals surface area contributed by atoms with E-state index in [1.54, 1.807) is 35.5 Å². The van der Waals surface area contributed by atoms with Crippen molar-refractivity contribution in [3.63, 3.8) is 0 Å². The molecule has 0 radical (unpaired) electrons. The molecule has 306 valence electrons. The molecule has 2 aliphatic heterocycles. The Hall–Kier alpha value is -5.08. The minimum Gasteiger partial charge on any atom is -0.497 e. The van der Waals surface area contributed by atoms with E-state index in [4.69, 9.17) is 23.7 Å². The Balaban J connectivity index is 1.03. The van der Waals surface area contributed by atoms with Crippen LogP contribution in [0.15, 0.2) is 90.7 Å². The number of benzene rings is 4. The Bertz CT molecular complexity index is 2080. The molecule has 4 aromatic rings. The molecule has 3 fully saturated rings. The van der Waals surface area contributed by atoms with Crippen LogP contribution in [-0.4, -0.2) is 66.1 Å². The summed E-state index contributed by atoms with van der Waals surface area (Å²) in [5.41, 5.74) is 11.2. The molecule has 0 aromatic heterocycles. The summed E-state index contributed by atoms with van der Waals surface area (Å²) in [6.45, 7) is 5.89. The van der Waals surface area contributed by atoms with Crippen LogP contribution in [0, 0.1) is 6.92 Å². The third kappa shape index (κ3) is 8.26. The maximum absolute atomic E-state index is 6.03. The average Bonchev–Trinajstić information content (AvgIpc) is 3.22. The second kappa shape index (κ2) is 17.8. The molecule has 0 amide bonds. The van der Waals surface area contributed by atoms with E-state index in [1.165, 1.54) is 77.5 Å². The number of hydrogen-bond acceptors (Lipinski definition) is 8. The van der Waals surface area contributed by atoms with E-state index >= 15 is 0 Å². The summed E-state index contributed by atoms with van der Waals surface area (Å²) in [6, 6.07) is 24.6. The molecule has 2 saturated carbocycles. The Labute approximate surface area is 345 Å². The molecule has 1 N–H and O–H groups in total. The zero-order valence-electron chi connectivity index (χ0n) is 35.3. The summed E-state index contributed by atoms with van der Waals surface area (Å²) in [4.78, 5) is 5.19. The SMILES string of the molecule is COc1cc(OC)cc(N(Cc2ccccc2-c2cc(OC)c(C3CCC3)c(OC)c2)C2CCN(CC3=CC(c4cc(OC)c(C)c(C5CCC5)c4)NC=C3)CC2)c1. The fourth-order valence-corrected chi connectivity index (χ4v) is 9.49. The summed E-state index contributed by atoms with van der Waals surface area (Å²) >= 11 is 0. The molecule has 1 atom stereocenters. The van der Waals surface area contributed by atoms with Crippen LogP contribution in [-0.2, 0) is 6.54 Å². The van der Waals surface area contributed by atoms with Crippen molar-refractivity contribution in [2.24, 2.45) is 0 Å². The van der Waals surface area contributed by atoms with Gasteiger partial charge >= 0.3 is 0 Å². The lowest BCUT2D eigenvalue weighted by atomic mass is 9.77. The minimum absolute atomic E-state index is 0.124. The zero-order valence-corrected chi connectivity index (χ0v) is 35.3. The number of hydrogen-bond donors (Lipinski definition) is 1. The Kier molecular flexibility index (Phi) is 12.2. The van der Waals surface area contributed by atoms with Crippen LogP contribution in [0.4, 0.5) is 5.69 Å². The van der Waals surface area contributed by atoms with Crippen molar-refractivity contribution in [2.45, 2.75) is 88.8 Å². The molecule has 2 aliphatic carbocycles. The van der Waals surface area contributed by atoms with E-state index in [2.05, 4.69) is 101 Å². The van der Waals surface area contributed by atoms with Crippen molar-refractivity contribution in [3.8, 4) is 39.9 Å². The van der Waals surface area contributed by atoms with Crippen LogP contribution >= 0.6 is 0 Å². The molecule has 58 heavy (non-hydrogen) atoms. The lowest BCUT2D eigenvalue weighted by molar-refractivity contribution is 0.224. The first-order valence-corrected chi connectivity index (χ1v) is 21.3. The highest BCUT2D eigenvalue weighted by atomic mass is 16.5. The molecule has 0 spiro atoms. The van der Waals surface area contributed by atoms with Gasteiger partial charge in [0.05, 0.1) is 41.6 Å². The topological polar surface area (TPSA) is 64.7 Å². The van der Waals surface area contributed by atoms with Crippen molar-refractivity contribution in [2.75, 3.05) is 60.1 Å². The van der Waals surface area contributed by atoms with E-state index in [0.29, 0.717) is 17.9 Å². The van der Waals surface area contributed by atoms with Crippen molar-refractivity contribution >= 4 is 5.69 Å². The fourth-order valence-electron chi connectivity index (χ4n) is 9.49. The molecule has 4 aliphatic rings. The summed E-state index contributed by atoms with van der Waals surface area (Å²) in [6.07, 6.45) is 16.3. The van der Waals surface area contributed by atoms with Crippen LogP contribution in [0.25, 0.3) is 11.1 Å². The summed E-state index contributed by atoms with van der Waals surface area (Å²) in [5.74, 6) is 5.54. The van der Waals surface area contributed by atoms with Gasteiger partial charge in [0, 0.05) is 61.7 Å². The number of ether oxygens (including phenoxy) is 5. The van der Waals surface area contributed by atoms with Gasteiger partial charge < -0.3 is 33.9 Å². The monoisotopic (exact) mass is 783 g/mol. The third-order valence-electron chi connectivity index (χ3n) is 13.3. The molecular formula is C50H61N3O5. The highest BCUT2D eigenvalue weighted by Gasteiger charge is 2.30. The second-order valence-corrected chi connectivity index (χ2v) is 16.6. The number of rotatable bonds is 15. The number of anilines is 1. The minimum atomic E-state index is 0.124. The lowest BCUT2D eigenvalue weighted by Gasteiger charge is -2.40. The molecule has 8 heteroatoms. The first-order valence-electron chi connectivity index (χ1n) is 21.3. The van der Waals surface area contributed by atoms with Crippen LogP contribution in [0.3, 0.4) is 0 Å². The predicted octanol–water partition coefficient (Wildman–Crippen LogP) is 10.5. The van der Waals surface area contributed by atoms with Gasteiger partial charge in [-0.25, -0.2) is 0 Å². The van der Waals surface area contributed by atoms with E-state index in [-0.39, 0.29) is 6.04 Å². The van der Waals surface area contributed by atoms with Crippen molar-refractivity contribution in [1.82, 2.24) is 10.2 Å². The Morgan fingerprint density at radius 2 is 1.36 bits per heavy atom. The lowest BCUT2D eigenvalue weighted by Crippen LogP contribution is -2.45. The standard InChI is InChI=1S/C50H61N3O5/c1-33-45(35-12-9-13-35)24-39(27-47(33)56-4)46-23-34(17-20-51-46)31-52-21-18-40(19-22-52)53(41-28-42(54-2)30-43(29-41)55-3)32-37-11-7-8-16-44(37)38-25-48(57-5)50(36-14-10-15-36)49(26-38)58-6/h7-8,11,16-17,20,23-30,35-36,40,46,51H,9-10,12-15,18-19,21-22,31-32H2,1-6H3. The zero-order chi connectivity index (χ0) is 40.2. The van der Waals surface area contributed by atoms with Gasteiger partial charge in [0.2, 0.25) is 0 Å². The number of likely N-dealkylation sites (tertiary alicyclic amines) is 1. The summed E-state index contributed by atoms with van der Waals surface area (Å²) < 4.78 is 29.5. The molecular weight excluding hydrogens is 723 g/mol. The van der Waals surface area contributed by atoms with Gasteiger partial charge in [0.1, 0.15) is 28.7 Å². The van der Waals surface area contributed by atoms with E-state index in [9.17, 15) is 0 Å². The normalized spacial score (nSPS) is 18.7. The van der Waals surface area contributed by atoms with Gasteiger partial charge in [-0.3, -0.25) is 4.90 Å². The van der Waals surface area contributed by atoms with Gasteiger partial charge in [-0.2, -0.15) is 0 Å². The van der Waals surface area contributed by atoms with Crippen LogP contribution in [0.1, 0.15) is 97.1 Å². The van der Waals surface area contributed by atoms with Gasteiger partial charge in [-0.05, 0) is 127 Å². The molecule has 4 aromatic carbocycles. The van der Waals surface area contributed by atoms with Gasteiger partial charge in [-0.1, -0.05) is 49.2 Å². The van der Waals surface area contributed by atoms with Crippen LogP contribution in [0.5, 0.6) is 28.7 Å². The van der Waals surface area contributed by atoms with Crippen molar-refractivity contribution in [3.05, 3.63) is 118 Å². The largest absolute Gasteiger partial charge is 0.497 e. The number of methoxy groups -OCH3 is 5. The first-order chi connectivity index (χ1) is 28.4. The van der Waals surface area contributed by atoms with E-state index < -0.39 is 0 Å². The van der Waals surface area contributed by atoms with Gasteiger partial charge in [0.25, 0.3) is 0 Å². The Morgan fingerprint density at radius 1 is 0.707 bits per heavy atom. The number of piperidine rings is 1.